The first-order valence-corrected chi connectivity index (χ1v) is 6.51. The molecule has 0 saturated heterocycles. The highest BCUT2D eigenvalue weighted by Gasteiger charge is 2.42. The van der Waals surface area contributed by atoms with Crippen LogP contribution < -0.4 is 5.32 Å². The lowest BCUT2D eigenvalue weighted by Gasteiger charge is -2.13. The molecule has 2 rings (SSSR count). The molecule has 0 atom stereocenters. The smallest absolute Gasteiger partial charge is 0.271 e. The van der Waals surface area contributed by atoms with Gasteiger partial charge in [-0.1, -0.05) is 34.8 Å². The molecule has 1 amide bonds. The molecule has 18 heavy (non-hydrogen) atoms. The van der Waals surface area contributed by atoms with Gasteiger partial charge in [0.2, 0.25) is 0 Å². The number of hydrogen-bond donors (Lipinski definition) is 2. The summed E-state index contributed by atoms with van der Waals surface area (Å²) in [6.45, 7) is 0.469. The van der Waals surface area contributed by atoms with E-state index in [1.54, 1.807) is 0 Å². The van der Waals surface area contributed by atoms with Crippen LogP contribution in [0.3, 0.4) is 0 Å². The zero-order valence-electron chi connectivity index (χ0n) is 9.34. The topological polar surface area (TPSA) is 62.2 Å². The fraction of sp³-hybridized carbons (Fsp3) is 0.455. The molecule has 98 valence electrons. The molecule has 4 nitrogen and oxygen atoms in total. The Morgan fingerprint density at radius 2 is 2.06 bits per heavy atom. The van der Waals surface area contributed by atoms with Gasteiger partial charge in [0.15, 0.2) is 0 Å². The van der Waals surface area contributed by atoms with Gasteiger partial charge in [0.1, 0.15) is 5.69 Å². The summed E-state index contributed by atoms with van der Waals surface area (Å²) in [4.78, 5) is 15.7. The summed E-state index contributed by atoms with van der Waals surface area (Å²) < 4.78 is 0. The molecule has 0 spiro atoms. The summed E-state index contributed by atoms with van der Waals surface area (Å²) in [6.07, 6.45) is 3.10. The van der Waals surface area contributed by atoms with Crippen molar-refractivity contribution >= 4 is 40.7 Å². The maximum atomic E-state index is 11.9. The number of carbonyl (C=O) groups excluding carboxylic acids is 1. The van der Waals surface area contributed by atoms with Crippen molar-refractivity contribution in [1.29, 1.82) is 0 Å². The molecular weight excluding hydrogens is 298 g/mol. The maximum Gasteiger partial charge on any atom is 0.271 e. The van der Waals surface area contributed by atoms with Gasteiger partial charge in [0.25, 0.3) is 5.91 Å². The first kappa shape index (κ1) is 13.9. The molecule has 1 aromatic heterocycles. The normalized spacial score (nSPS) is 16.4. The number of aliphatic hydroxyl groups is 1. The van der Waals surface area contributed by atoms with Crippen molar-refractivity contribution in [1.82, 2.24) is 10.3 Å². The molecule has 1 fully saturated rings. The van der Waals surface area contributed by atoms with Crippen LogP contribution in [-0.2, 0) is 0 Å². The standard InChI is InChI=1S/C11H11Cl3N2O2/c12-6-3-15-9(8(14)7(6)13)10(18)16-4-11(5-17)1-2-11/h3,17H,1-2,4-5H2,(H,16,18). The largest absolute Gasteiger partial charge is 0.396 e. The summed E-state index contributed by atoms with van der Waals surface area (Å²) >= 11 is 17.5. The van der Waals surface area contributed by atoms with Crippen LogP contribution in [0.15, 0.2) is 6.20 Å². The van der Waals surface area contributed by atoms with Gasteiger partial charge in [-0.05, 0) is 12.8 Å². The van der Waals surface area contributed by atoms with Gasteiger partial charge < -0.3 is 10.4 Å². The summed E-state index contributed by atoms with van der Waals surface area (Å²) in [5.41, 5.74) is -0.127. The maximum absolute atomic E-state index is 11.9. The van der Waals surface area contributed by atoms with Gasteiger partial charge in [0, 0.05) is 18.2 Å². The highest BCUT2D eigenvalue weighted by Crippen LogP contribution is 2.44. The second kappa shape index (κ2) is 5.21. The van der Waals surface area contributed by atoms with Crippen LogP contribution in [-0.4, -0.2) is 29.1 Å². The van der Waals surface area contributed by atoms with E-state index in [0.717, 1.165) is 12.8 Å². The van der Waals surface area contributed by atoms with Crippen molar-refractivity contribution in [2.75, 3.05) is 13.2 Å². The molecule has 0 unspecified atom stereocenters. The second-order valence-corrected chi connectivity index (χ2v) is 5.59. The third kappa shape index (κ3) is 2.72. The van der Waals surface area contributed by atoms with E-state index in [4.69, 9.17) is 39.9 Å². The Morgan fingerprint density at radius 1 is 1.39 bits per heavy atom. The van der Waals surface area contributed by atoms with Gasteiger partial charge in [-0.15, -0.1) is 0 Å². The molecule has 1 aliphatic carbocycles. The molecule has 7 heteroatoms. The first-order valence-electron chi connectivity index (χ1n) is 5.38. The number of amides is 1. The van der Waals surface area contributed by atoms with E-state index in [1.807, 2.05) is 0 Å². The SMILES string of the molecule is O=C(NCC1(CO)CC1)c1ncc(Cl)c(Cl)c1Cl. The minimum absolute atomic E-state index is 0.0375. The molecule has 0 bridgehead atoms. The third-order valence-electron chi connectivity index (χ3n) is 3.05. The second-order valence-electron chi connectivity index (χ2n) is 4.42. The highest BCUT2D eigenvalue weighted by atomic mass is 35.5. The zero-order valence-corrected chi connectivity index (χ0v) is 11.6. The number of halogens is 3. The first-order chi connectivity index (χ1) is 8.49. The Morgan fingerprint density at radius 3 is 2.61 bits per heavy atom. The van der Waals surface area contributed by atoms with Crippen molar-refractivity contribution < 1.29 is 9.90 Å². The average Bonchev–Trinajstić information content (AvgIpc) is 3.14. The van der Waals surface area contributed by atoms with Crippen molar-refractivity contribution in [3.05, 3.63) is 27.0 Å². The van der Waals surface area contributed by atoms with Crippen LogP contribution in [0.5, 0.6) is 0 Å². The van der Waals surface area contributed by atoms with Gasteiger partial charge in [-0.2, -0.15) is 0 Å². The molecule has 0 aromatic carbocycles. The van der Waals surface area contributed by atoms with Crippen molar-refractivity contribution in [3.63, 3.8) is 0 Å². The minimum atomic E-state index is -0.418. The van der Waals surface area contributed by atoms with Crippen LogP contribution in [0.2, 0.25) is 15.1 Å². The summed E-state index contributed by atoms with van der Waals surface area (Å²) in [5.74, 6) is -0.418. The van der Waals surface area contributed by atoms with E-state index in [9.17, 15) is 4.79 Å². The molecule has 1 aliphatic rings. The van der Waals surface area contributed by atoms with Crippen molar-refractivity contribution in [2.24, 2.45) is 5.41 Å². The fourth-order valence-electron chi connectivity index (χ4n) is 1.52. The lowest BCUT2D eigenvalue weighted by molar-refractivity contribution is 0.0930. The van der Waals surface area contributed by atoms with E-state index in [0.29, 0.717) is 6.54 Å². The number of rotatable bonds is 4. The molecule has 2 N–H and O–H groups in total. The Hall–Kier alpha value is -0.550. The molecule has 1 heterocycles. The summed E-state index contributed by atoms with van der Waals surface area (Å²) in [6, 6.07) is 0. The summed E-state index contributed by atoms with van der Waals surface area (Å²) in [7, 11) is 0. The predicted octanol–water partition coefficient (Wildman–Crippen LogP) is 2.54. The zero-order chi connectivity index (χ0) is 13.3. The quantitative estimate of drug-likeness (QED) is 0.898. The number of nitrogens with zero attached hydrogens (tertiary/aromatic N) is 1. The van der Waals surface area contributed by atoms with Gasteiger partial charge in [-0.25, -0.2) is 4.98 Å². The van der Waals surface area contributed by atoms with Crippen LogP contribution in [0.25, 0.3) is 0 Å². The molecule has 1 aromatic rings. The molecule has 0 radical (unpaired) electrons. The molecular formula is C11H11Cl3N2O2. The van der Waals surface area contributed by atoms with Crippen LogP contribution in [0.1, 0.15) is 23.3 Å². The van der Waals surface area contributed by atoms with E-state index in [1.165, 1.54) is 6.20 Å². The van der Waals surface area contributed by atoms with Crippen molar-refractivity contribution in [3.8, 4) is 0 Å². The molecule has 1 saturated carbocycles. The lowest BCUT2D eigenvalue weighted by atomic mass is 10.1. The minimum Gasteiger partial charge on any atom is -0.396 e. The number of hydrogen-bond acceptors (Lipinski definition) is 3. The van der Waals surface area contributed by atoms with E-state index < -0.39 is 5.91 Å². The fourth-order valence-corrected chi connectivity index (χ4v) is 2.09. The monoisotopic (exact) mass is 308 g/mol. The Balaban J connectivity index is 2.07. The predicted molar refractivity (Wildman–Crippen MR) is 70.4 cm³/mol. The van der Waals surface area contributed by atoms with Crippen LogP contribution >= 0.6 is 34.8 Å². The lowest BCUT2D eigenvalue weighted by Crippen LogP contribution is -2.32. The van der Waals surface area contributed by atoms with Crippen LogP contribution in [0, 0.1) is 5.41 Å². The Bertz CT molecular complexity index is 489. The van der Waals surface area contributed by atoms with Crippen LogP contribution in [0.4, 0.5) is 0 Å². The summed E-state index contributed by atoms with van der Waals surface area (Å²) in [5, 5.41) is 12.2. The number of nitrogens with one attached hydrogen (secondary N) is 1. The third-order valence-corrected chi connectivity index (χ3v) is 4.29. The Kier molecular flexibility index (Phi) is 4.02. The van der Waals surface area contributed by atoms with Crippen molar-refractivity contribution in [2.45, 2.75) is 12.8 Å². The van der Waals surface area contributed by atoms with E-state index in [2.05, 4.69) is 10.3 Å². The number of aromatic nitrogens is 1. The average molecular weight is 310 g/mol. The Labute approximate surface area is 119 Å². The highest BCUT2D eigenvalue weighted by molar-refractivity contribution is 6.48. The van der Waals surface area contributed by atoms with E-state index in [-0.39, 0.29) is 32.8 Å². The van der Waals surface area contributed by atoms with Gasteiger partial charge in [-0.3, -0.25) is 4.79 Å². The number of pyridine rings is 1. The number of aliphatic hydroxyl groups excluding tert-OH is 1. The number of carbonyl (C=O) groups is 1. The molecule has 0 aliphatic heterocycles. The van der Waals surface area contributed by atoms with Gasteiger partial charge in [0.05, 0.1) is 21.7 Å². The van der Waals surface area contributed by atoms with Gasteiger partial charge >= 0.3 is 0 Å². The van der Waals surface area contributed by atoms with E-state index >= 15 is 0 Å².